The SMILES string of the molecule is CCN(CC)CCOc1ccc(CN=C(N)Nc2cc(C)cc(C)c2)cc1OC.I. The van der Waals surface area contributed by atoms with Gasteiger partial charge in [-0.05, 0) is 67.9 Å². The fraction of sp³-hybridized carbons (Fsp3) is 0.435. The summed E-state index contributed by atoms with van der Waals surface area (Å²) >= 11 is 0. The normalized spacial score (nSPS) is 11.2. The van der Waals surface area contributed by atoms with Crippen LogP contribution in [0.1, 0.15) is 30.5 Å². The quantitative estimate of drug-likeness (QED) is 0.270. The molecule has 0 radical (unpaired) electrons. The number of ether oxygens (including phenoxy) is 2. The van der Waals surface area contributed by atoms with Gasteiger partial charge in [-0.15, -0.1) is 24.0 Å². The highest BCUT2D eigenvalue weighted by Crippen LogP contribution is 2.28. The lowest BCUT2D eigenvalue weighted by atomic mass is 10.1. The summed E-state index contributed by atoms with van der Waals surface area (Å²) in [6.07, 6.45) is 0. The zero-order chi connectivity index (χ0) is 21.2. The Balaban J connectivity index is 0.00000450. The molecule has 0 fully saturated rings. The fourth-order valence-corrected chi connectivity index (χ4v) is 3.16. The van der Waals surface area contributed by atoms with Crippen molar-refractivity contribution in [3.8, 4) is 11.5 Å². The van der Waals surface area contributed by atoms with Gasteiger partial charge in [0.1, 0.15) is 6.61 Å². The van der Waals surface area contributed by atoms with E-state index in [1.165, 1.54) is 11.1 Å². The summed E-state index contributed by atoms with van der Waals surface area (Å²) in [7, 11) is 1.65. The van der Waals surface area contributed by atoms with Crippen LogP contribution in [-0.4, -0.2) is 44.2 Å². The van der Waals surface area contributed by atoms with Crippen LogP contribution >= 0.6 is 24.0 Å². The van der Waals surface area contributed by atoms with Gasteiger partial charge in [-0.25, -0.2) is 4.99 Å². The lowest BCUT2D eigenvalue weighted by Gasteiger charge is -2.18. The van der Waals surface area contributed by atoms with Gasteiger partial charge in [-0.1, -0.05) is 26.0 Å². The molecule has 0 aliphatic rings. The Morgan fingerprint density at radius 3 is 2.30 bits per heavy atom. The standard InChI is InChI=1S/C23H34N4O2.HI/c1-6-27(7-2)10-11-29-21-9-8-19(15-22(21)28-5)16-25-23(24)26-20-13-17(3)12-18(4)14-20;/h8-9,12-15H,6-7,10-11,16H2,1-5H3,(H3,24,25,26);1H. The highest BCUT2D eigenvalue weighted by atomic mass is 127. The molecule has 0 bridgehead atoms. The van der Waals surface area contributed by atoms with Gasteiger partial charge in [0.25, 0.3) is 0 Å². The minimum absolute atomic E-state index is 0. The molecule has 0 unspecified atom stereocenters. The van der Waals surface area contributed by atoms with Crippen molar-refractivity contribution in [3.63, 3.8) is 0 Å². The number of anilines is 1. The maximum atomic E-state index is 6.05. The van der Waals surface area contributed by atoms with Crippen molar-refractivity contribution >= 4 is 35.6 Å². The van der Waals surface area contributed by atoms with E-state index in [-0.39, 0.29) is 24.0 Å². The molecule has 2 rings (SSSR count). The van der Waals surface area contributed by atoms with Crippen molar-refractivity contribution in [3.05, 3.63) is 53.1 Å². The minimum atomic E-state index is 0. The van der Waals surface area contributed by atoms with Gasteiger partial charge in [0.15, 0.2) is 17.5 Å². The molecule has 0 spiro atoms. The first-order valence-corrected chi connectivity index (χ1v) is 10.1. The van der Waals surface area contributed by atoms with Crippen LogP contribution in [0.3, 0.4) is 0 Å². The summed E-state index contributed by atoms with van der Waals surface area (Å²) in [5.74, 6) is 1.83. The van der Waals surface area contributed by atoms with Gasteiger partial charge >= 0.3 is 0 Å². The van der Waals surface area contributed by atoms with Crippen LogP contribution in [0.4, 0.5) is 5.69 Å². The maximum absolute atomic E-state index is 6.05. The third-order valence-corrected chi connectivity index (χ3v) is 4.71. The molecule has 0 aromatic heterocycles. The largest absolute Gasteiger partial charge is 0.493 e. The van der Waals surface area contributed by atoms with Crippen molar-refractivity contribution in [1.29, 1.82) is 0 Å². The first-order valence-electron chi connectivity index (χ1n) is 10.1. The van der Waals surface area contributed by atoms with Gasteiger partial charge in [-0.3, -0.25) is 0 Å². The summed E-state index contributed by atoms with van der Waals surface area (Å²) in [6, 6.07) is 12.1. The van der Waals surface area contributed by atoms with E-state index in [0.717, 1.165) is 36.6 Å². The topological polar surface area (TPSA) is 72.1 Å². The average molecular weight is 526 g/mol. The summed E-state index contributed by atoms with van der Waals surface area (Å²) < 4.78 is 11.4. The van der Waals surface area contributed by atoms with E-state index < -0.39 is 0 Å². The maximum Gasteiger partial charge on any atom is 0.193 e. The molecule has 6 nitrogen and oxygen atoms in total. The Morgan fingerprint density at radius 2 is 1.70 bits per heavy atom. The Morgan fingerprint density at radius 1 is 1.03 bits per heavy atom. The molecule has 0 saturated heterocycles. The molecule has 2 aromatic rings. The van der Waals surface area contributed by atoms with E-state index >= 15 is 0 Å². The van der Waals surface area contributed by atoms with Crippen molar-refractivity contribution < 1.29 is 9.47 Å². The van der Waals surface area contributed by atoms with E-state index in [9.17, 15) is 0 Å². The number of halogens is 1. The summed E-state index contributed by atoms with van der Waals surface area (Å²) in [5.41, 5.74) is 10.4. The van der Waals surface area contributed by atoms with E-state index in [4.69, 9.17) is 15.2 Å². The molecular weight excluding hydrogens is 491 g/mol. The molecule has 2 aromatic carbocycles. The van der Waals surface area contributed by atoms with Crippen molar-refractivity contribution in [2.45, 2.75) is 34.2 Å². The number of methoxy groups -OCH3 is 1. The van der Waals surface area contributed by atoms with Gasteiger partial charge in [0.2, 0.25) is 0 Å². The van der Waals surface area contributed by atoms with Crippen LogP contribution in [0.15, 0.2) is 41.4 Å². The second-order valence-corrected chi connectivity index (χ2v) is 7.06. The lowest BCUT2D eigenvalue weighted by molar-refractivity contribution is 0.217. The Hall–Kier alpha value is -2.00. The van der Waals surface area contributed by atoms with Crippen LogP contribution in [0, 0.1) is 13.8 Å². The van der Waals surface area contributed by atoms with E-state index in [2.05, 4.69) is 49.0 Å². The number of hydrogen-bond donors (Lipinski definition) is 2. The predicted octanol–water partition coefficient (Wildman–Crippen LogP) is 4.58. The number of aliphatic imine (C=N–C) groups is 1. The van der Waals surface area contributed by atoms with Crippen molar-refractivity contribution in [1.82, 2.24) is 4.90 Å². The number of benzene rings is 2. The molecule has 0 amide bonds. The first-order chi connectivity index (χ1) is 13.9. The first kappa shape index (κ1) is 26.0. The number of nitrogens with two attached hydrogens (primary N) is 1. The van der Waals surface area contributed by atoms with Crippen LogP contribution in [0.5, 0.6) is 11.5 Å². The van der Waals surface area contributed by atoms with Gasteiger partial charge in [-0.2, -0.15) is 0 Å². The zero-order valence-electron chi connectivity index (χ0n) is 18.7. The van der Waals surface area contributed by atoms with Crippen LogP contribution in [-0.2, 0) is 6.54 Å². The number of nitrogens with zero attached hydrogens (tertiary/aromatic N) is 2. The van der Waals surface area contributed by atoms with Gasteiger partial charge in [0.05, 0.1) is 13.7 Å². The molecule has 3 N–H and O–H groups in total. The van der Waals surface area contributed by atoms with E-state index in [0.29, 0.717) is 24.9 Å². The van der Waals surface area contributed by atoms with Crippen LogP contribution < -0.4 is 20.5 Å². The van der Waals surface area contributed by atoms with Gasteiger partial charge in [0, 0.05) is 12.2 Å². The third kappa shape index (κ3) is 8.39. The average Bonchev–Trinajstić information content (AvgIpc) is 2.69. The monoisotopic (exact) mass is 526 g/mol. The summed E-state index contributed by atoms with van der Waals surface area (Å²) in [4.78, 5) is 6.76. The highest BCUT2D eigenvalue weighted by Gasteiger charge is 2.07. The number of aryl methyl sites for hydroxylation is 2. The Labute approximate surface area is 197 Å². The molecule has 0 saturated carbocycles. The zero-order valence-corrected chi connectivity index (χ0v) is 21.0. The third-order valence-electron chi connectivity index (χ3n) is 4.71. The smallest absolute Gasteiger partial charge is 0.193 e. The fourth-order valence-electron chi connectivity index (χ4n) is 3.16. The second kappa shape index (κ2) is 13.3. The molecular formula is C23H35IN4O2. The number of hydrogen-bond acceptors (Lipinski definition) is 4. The summed E-state index contributed by atoms with van der Waals surface area (Å²) in [6.45, 7) is 12.4. The number of rotatable bonds is 10. The number of nitrogens with one attached hydrogen (secondary N) is 1. The Bertz CT molecular complexity index is 803. The Kier molecular flexibility index (Phi) is 11.6. The molecule has 0 aliphatic heterocycles. The van der Waals surface area contributed by atoms with E-state index in [1.807, 2.05) is 30.3 Å². The second-order valence-electron chi connectivity index (χ2n) is 7.06. The molecule has 0 aliphatic carbocycles. The van der Waals surface area contributed by atoms with Crippen LogP contribution in [0.2, 0.25) is 0 Å². The van der Waals surface area contributed by atoms with E-state index in [1.54, 1.807) is 7.11 Å². The number of likely N-dealkylation sites (N-methyl/N-ethyl adjacent to an activating group) is 1. The molecule has 0 heterocycles. The number of guanidine groups is 1. The summed E-state index contributed by atoms with van der Waals surface area (Å²) in [5, 5.41) is 3.15. The van der Waals surface area contributed by atoms with Gasteiger partial charge < -0.3 is 25.4 Å². The minimum Gasteiger partial charge on any atom is -0.493 e. The predicted molar refractivity (Wildman–Crippen MR) is 137 cm³/mol. The molecule has 0 atom stereocenters. The molecule has 7 heteroatoms. The lowest BCUT2D eigenvalue weighted by Crippen LogP contribution is -2.27. The van der Waals surface area contributed by atoms with Crippen molar-refractivity contribution in [2.75, 3.05) is 38.7 Å². The molecule has 30 heavy (non-hydrogen) atoms. The molecule has 166 valence electrons. The van der Waals surface area contributed by atoms with Crippen molar-refractivity contribution in [2.24, 2.45) is 10.7 Å². The highest BCUT2D eigenvalue weighted by molar-refractivity contribution is 14.0. The van der Waals surface area contributed by atoms with Crippen LogP contribution in [0.25, 0.3) is 0 Å².